The number of carbonyl (C=O) groups is 1. The van der Waals surface area contributed by atoms with Crippen LogP contribution in [-0.4, -0.2) is 68.8 Å². The topological polar surface area (TPSA) is 56.8 Å². The fourth-order valence-electron chi connectivity index (χ4n) is 3.13. The zero-order chi connectivity index (χ0) is 18.2. The highest BCUT2D eigenvalue weighted by Crippen LogP contribution is 2.13. The van der Waals surface area contributed by atoms with E-state index in [0.29, 0.717) is 25.0 Å². The lowest BCUT2D eigenvalue weighted by molar-refractivity contribution is 0.0887. The first-order valence-corrected chi connectivity index (χ1v) is 9.07. The minimum atomic E-state index is -0.115. The monoisotopic (exact) mass is 348 g/mol. The fourth-order valence-corrected chi connectivity index (χ4v) is 3.13. The molecule has 0 radical (unpaired) electrons. The second kappa shape index (κ2) is 9.63. The van der Waals surface area contributed by atoms with Crippen LogP contribution in [0.5, 0.6) is 5.75 Å². The van der Waals surface area contributed by atoms with E-state index >= 15 is 0 Å². The summed E-state index contributed by atoms with van der Waals surface area (Å²) in [4.78, 5) is 17.0. The van der Waals surface area contributed by atoms with Gasteiger partial charge in [-0.1, -0.05) is 26.0 Å². The Labute approximate surface area is 151 Å². The van der Waals surface area contributed by atoms with Crippen LogP contribution in [-0.2, 0) is 6.54 Å². The van der Waals surface area contributed by atoms with Gasteiger partial charge in [-0.2, -0.15) is 0 Å². The summed E-state index contributed by atoms with van der Waals surface area (Å²) in [5, 5.41) is 5.96. The number of methoxy groups -OCH3 is 1. The number of nitrogens with one attached hydrogen (secondary N) is 2. The molecule has 25 heavy (non-hydrogen) atoms. The van der Waals surface area contributed by atoms with Crippen LogP contribution in [0.25, 0.3) is 0 Å². The van der Waals surface area contributed by atoms with Crippen molar-refractivity contribution in [3.05, 3.63) is 29.8 Å². The highest BCUT2D eigenvalue weighted by Gasteiger charge is 2.25. The molecule has 2 N–H and O–H groups in total. The van der Waals surface area contributed by atoms with Crippen molar-refractivity contribution in [3.8, 4) is 5.75 Å². The van der Waals surface area contributed by atoms with Gasteiger partial charge >= 0.3 is 6.03 Å². The molecule has 0 bridgehead atoms. The molecule has 0 spiro atoms. The molecule has 140 valence electrons. The van der Waals surface area contributed by atoms with Crippen molar-refractivity contribution >= 4 is 6.03 Å². The van der Waals surface area contributed by atoms with Gasteiger partial charge in [0.2, 0.25) is 0 Å². The smallest absolute Gasteiger partial charge is 0.315 e. The first-order valence-electron chi connectivity index (χ1n) is 9.07. The highest BCUT2D eigenvalue weighted by molar-refractivity contribution is 5.73. The number of amides is 2. The van der Waals surface area contributed by atoms with Gasteiger partial charge in [-0.15, -0.1) is 0 Å². The van der Waals surface area contributed by atoms with Crippen molar-refractivity contribution in [2.75, 3.05) is 46.9 Å². The van der Waals surface area contributed by atoms with E-state index in [-0.39, 0.29) is 6.03 Å². The molecule has 0 aromatic heterocycles. The molecule has 1 aliphatic rings. The average Bonchev–Trinajstić information content (AvgIpc) is 2.61. The van der Waals surface area contributed by atoms with E-state index in [9.17, 15) is 4.79 Å². The normalized spacial score (nSPS) is 17.3. The van der Waals surface area contributed by atoms with Gasteiger partial charge in [-0.25, -0.2) is 4.79 Å². The molecule has 6 nitrogen and oxygen atoms in total. The molecule has 1 aromatic rings. The second-order valence-corrected chi connectivity index (χ2v) is 7.06. The average molecular weight is 348 g/mol. The lowest BCUT2D eigenvalue weighted by Gasteiger charge is -2.39. The Morgan fingerprint density at radius 3 is 2.32 bits per heavy atom. The summed E-state index contributed by atoms with van der Waals surface area (Å²) in [6.07, 6.45) is 0. The van der Waals surface area contributed by atoms with Crippen molar-refractivity contribution < 1.29 is 9.53 Å². The molecule has 0 aliphatic carbocycles. The summed E-state index contributed by atoms with van der Waals surface area (Å²) in [7, 11) is 3.80. The van der Waals surface area contributed by atoms with E-state index in [1.165, 1.54) is 0 Å². The van der Waals surface area contributed by atoms with Gasteiger partial charge in [0, 0.05) is 45.3 Å². The maximum Gasteiger partial charge on any atom is 0.315 e. The zero-order valence-electron chi connectivity index (χ0n) is 15.9. The number of nitrogens with zero attached hydrogens (tertiary/aromatic N) is 2. The van der Waals surface area contributed by atoms with Gasteiger partial charge in [0.05, 0.1) is 7.11 Å². The number of urea groups is 1. The van der Waals surface area contributed by atoms with Crippen LogP contribution >= 0.6 is 0 Å². The standard InChI is InChI=1S/C19H32N4O2/c1-15(2)18(23-11-9-22(3)10-12-23)14-21-19(24)20-13-16-5-7-17(25-4)8-6-16/h5-8,15,18H,9-14H2,1-4H3,(H2,20,21,24). The Morgan fingerprint density at radius 2 is 1.76 bits per heavy atom. The van der Waals surface area contributed by atoms with Crippen LogP contribution in [0.3, 0.4) is 0 Å². The Bertz CT molecular complexity index is 525. The van der Waals surface area contributed by atoms with Gasteiger partial charge in [-0.05, 0) is 30.7 Å². The van der Waals surface area contributed by atoms with Crippen LogP contribution in [0.15, 0.2) is 24.3 Å². The number of rotatable bonds is 7. The predicted molar refractivity (Wildman–Crippen MR) is 101 cm³/mol. The van der Waals surface area contributed by atoms with E-state index in [2.05, 4.69) is 41.3 Å². The Balaban J connectivity index is 1.76. The Morgan fingerprint density at radius 1 is 1.12 bits per heavy atom. The summed E-state index contributed by atoms with van der Waals surface area (Å²) in [5.41, 5.74) is 1.05. The van der Waals surface area contributed by atoms with Crippen molar-refractivity contribution in [2.24, 2.45) is 5.92 Å². The molecule has 1 aromatic carbocycles. The van der Waals surface area contributed by atoms with Crippen molar-refractivity contribution in [1.29, 1.82) is 0 Å². The number of hydrogen-bond donors (Lipinski definition) is 2. The maximum atomic E-state index is 12.1. The number of hydrogen-bond acceptors (Lipinski definition) is 4. The first kappa shape index (κ1) is 19.5. The van der Waals surface area contributed by atoms with E-state index in [0.717, 1.165) is 37.5 Å². The van der Waals surface area contributed by atoms with Crippen LogP contribution in [0.4, 0.5) is 4.79 Å². The summed E-state index contributed by atoms with van der Waals surface area (Å²) in [6.45, 7) is 9.94. The second-order valence-electron chi connectivity index (χ2n) is 7.06. The van der Waals surface area contributed by atoms with Gasteiger partial charge in [0.15, 0.2) is 0 Å². The number of likely N-dealkylation sites (N-methyl/N-ethyl adjacent to an activating group) is 1. The zero-order valence-corrected chi connectivity index (χ0v) is 15.9. The van der Waals surface area contributed by atoms with E-state index in [1.807, 2.05) is 24.3 Å². The Hall–Kier alpha value is -1.79. The van der Waals surface area contributed by atoms with Gasteiger partial charge in [0.25, 0.3) is 0 Å². The summed E-state index contributed by atoms with van der Waals surface area (Å²) >= 11 is 0. The van der Waals surface area contributed by atoms with E-state index in [4.69, 9.17) is 4.74 Å². The molecule has 1 saturated heterocycles. The SMILES string of the molecule is COc1ccc(CNC(=O)NCC(C(C)C)N2CCN(C)CC2)cc1. The minimum absolute atomic E-state index is 0.115. The number of ether oxygens (including phenoxy) is 1. The van der Waals surface area contributed by atoms with Crippen molar-refractivity contribution in [3.63, 3.8) is 0 Å². The molecule has 1 fully saturated rings. The predicted octanol–water partition coefficient (Wildman–Crippen LogP) is 1.77. The quantitative estimate of drug-likeness (QED) is 0.788. The lowest BCUT2D eigenvalue weighted by atomic mass is 10.0. The largest absolute Gasteiger partial charge is 0.497 e. The third kappa shape index (κ3) is 6.21. The molecule has 2 rings (SSSR count). The van der Waals surface area contributed by atoms with Crippen LogP contribution in [0, 0.1) is 5.92 Å². The van der Waals surface area contributed by atoms with E-state index in [1.54, 1.807) is 7.11 Å². The summed E-state index contributed by atoms with van der Waals surface area (Å²) in [5.74, 6) is 1.32. The molecule has 1 unspecified atom stereocenters. The number of piperazine rings is 1. The number of benzene rings is 1. The van der Waals surface area contributed by atoms with Gasteiger partial charge in [0.1, 0.15) is 5.75 Å². The van der Waals surface area contributed by atoms with Gasteiger partial charge in [-0.3, -0.25) is 4.90 Å². The molecular weight excluding hydrogens is 316 g/mol. The minimum Gasteiger partial charge on any atom is -0.497 e. The fraction of sp³-hybridized carbons (Fsp3) is 0.632. The molecule has 1 aliphatic heterocycles. The molecular formula is C19H32N4O2. The van der Waals surface area contributed by atoms with Crippen molar-refractivity contribution in [1.82, 2.24) is 20.4 Å². The molecule has 0 saturated carbocycles. The number of carbonyl (C=O) groups excluding carboxylic acids is 1. The summed E-state index contributed by atoms with van der Waals surface area (Å²) < 4.78 is 5.14. The third-order valence-electron chi connectivity index (χ3n) is 4.86. The third-order valence-corrected chi connectivity index (χ3v) is 4.86. The highest BCUT2D eigenvalue weighted by atomic mass is 16.5. The Kier molecular flexibility index (Phi) is 7.52. The molecule has 2 amide bonds. The van der Waals surface area contributed by atoms with Crippen LogP contribution in [0.1, 0.15) is 19.4 Å². The van der Waals surface area contributed by atoms with Crippen molar-refractivity contribution in [2.45, 2.75) is 26.4 Å². The maximum absolute atomic E-state index is 12.1. The van der Waals surface area contributed by atoms with Crippen LogP contribution in [0.2, 0.25) is 0 Å². The summed E-state index contributed by atoms with van der Waals surface area (Å²) in [6, 6.07) is 7.98. The first-order chi connectivity index (χ1) is 12.0. The van der Waals surface area contributed by atoms with Crippen LogP contribution < -0.4 is 15.4 Å². The van der Waals surface area contributed by atoms with Gasteiger partial charge < -0.3 is 20.3 Å². The lowest BCUT2D eigenvalue weighted by Crippen LogP contribution is -2.54. The van der Waals surface area contributed by atoms with E-state index < -0.39 is 0 Å². The molecule has 1 atom stereocenters. The molecule has 1 heterocycles. The molecule has 6 heteroatoms.